The van der Waals surface area contributed by atoms with Gasteiger partial charge in [-0.25, -0.2) is 0 Å². The fourth-order valence-electron chi connectivity index (χ4n) is 0.200. The highest BCUT2D eigenvalue weighted by Crippen LogP contribution is 1.76. The van der Waals surface area contributed by atoms with Crippen molar-refractivity contribution in [3.05, 3.63) is 0 Å². The fourth-order valence-corrected chi connectivity index (χ4v) is 0.599. The van der Waals surface area contributed by atoms with E-state index in [1.165, 1.54) is 0 Å². The molecule has 0 saturated carbocycles. The van der Waals surface area contributed by atoms with Crippen molar-refractivity contribution in [3.63, 3.8) is 0 Å². The lowest BCUT2D eigenvalue weighted by molar-refractivity contribution is 0.296. The zero-order chi connectivity index (χ0) is 5.54. The van der Waals surface area contributed by atoms with Crippen LogP contribution in [0.2, 0.25) is 0 Å². The Morgan fingerprint density at radius 3 is 2.86 bits per heavy atom. The standard InChI is InChI=1S/C4H7NOS/c5-4-7-3-1-2-6/h6H,1-3H2/p+1. The second-order valence-corrected chi connectivity index (χ2v) is 2.02. The molecule has 0 rings (SSSR count). The number of rotatable bonds is 3. The van der Waals surface area contributed by atoms with Gasteiger partial charge in [0, 0.05) is 13.0 Å². The van der Waals surface area contributed by atoms with Gasteiger partial charge in [-0.05, 0) is 0 Å². The van der Waals surface area contributed by atoms with Crippen LogP contribution in [0.3, 0.4) is 0 Å². The van der Waals surface area contributed by atoms with E-state index in [9.17, 15) is 0 Å². The Kier molecular flexibility index (Phi) is 5.63. The van der Waals surface area contributed by atoms with Gasteiger partial charge in [0.05, 0.1) is 11.8 Å². The van der Waals surface area contributed by atoms with Crippen LogP contribution in [0.15, 0.2) is 0 Å². The van der Waals surface area contributed by atoms with Crippen molar-refractivity contribution in [2.75, 3.05) is 12.4 Å². The third-order valence-electron chi connectivity index (χ3n) is 0.499. The number of nitrogens with zero attached hydrogens (tertiary/aromatic N) is 1. The smallest absolute Gasteiger partial charge is 0.316 e. The summed E-state index contributed by atoms with van der Waals surface area (Å²) in [5.74, 6) is 0.799. The topological polar surface area (TPSA) is 44.0 Å². The van der Waals surface area contributed by atoms with Crippen molar-refractivity contribution in [1.29, 1.82) is 5.26 Å². The highest BCUT2D eigenvalue weighted by molar-refractivity contribution is 7.83. The number of nitriles is 1. The summed E-state index contributed by atoms with van der Waals surface area (Å²) in [6.07, 6.45) is 0.745. The van der Waals surface area contributed by atoms with Crippen LogP contribution in [0, 0.1) is 10.7 Å². The Morgan fingerprint density at radius 1 is 1.71 bits per heavy atom. The molecule has 7 heavy (non-hydrogen) atoms. The van der Waals surface area contributed by atoms with Gasteiger partial charge in [-0.2, -0.15) is 0 Å². The summed E-state index contributed by atoms with van der Waals surface area (Å²) in [4.78, 5) is 0. The van der Waals surface area contributed by atoms with Gasteiger partial charge in [-0.15, -0.1) is 5.26 Å². The maximum Gasteiger partial charge on any atom is 0.316 e. The van der Waals surface area contributed by atoms with Crippen LogP contribution in [0.1, 0.15) is 6.42 Å². The molecular formula is C4H8NOS+. The number of hydrogen-bond acceptors (Lipinski definition) is 2. The lowest BCUT2D eigenvalue weighted by atomic mass is 10.5. The van der Waals surface area contributed by atoms with Gasteiger partial charge in [0.1, 0.15) is 5.75 Å². The molecule has 0 aromatic heterocycles. The molecule has 0 spiro atoms. The molecule has 40 valence electrons. The monoisotopic (exact) mass is 118 g/mol. The predicted molar refractivity (Wildman–Crippen MR) is 30.9 cm³/mol. The Hall–Kier alpha value is -0.200. The van der Waals surface area contributed by atoms with Crippen LogP contribution < -0.4 is 0 Å². The average Bonchev–Trinajstić information content (AvgIpc) is 1.69. The molecule has 0 aliphatic carbocycles. The van der Waals surface area contributed by atoms with E-state index in [0.29, 0.717) is 0 Å². The second-order valence-electron chi connectivity index (χ2n) is 1.06. The molecule has 1 N–H and O–H groups in total. The Balaban J connectivity index is 2.60. The summed E-state index contributed by atoms with van der Waals surface area (Å²) in [5.41, 5.74) is 0. The maximum atomic E-state index is 8.18. The second kappa shape index (κ2) is 5.80. The molecule has 0 aliphatic heterocycles. The number of hydrogen-bond donors (Lipinski definition) is 1. The van der Waals surface area contributed by atoms with E-state index in [1.807, 2.05) is 5.40 Å². The van der Waals surface area contributed by atoms with Gasteiger partial charge in [0.25, 0.3) is 0 Å². The van der Waals surface area contributed by atoms with Crippen LogP contribution >= 0.6 is 0 Å². The molecule has 0 bridgehead atoms. The average molecular weight is 118 g/mol. The fraction of sp³-hybridized carbons (Fsp3) is 0.750. The van der Waals surface area contributed by atoms with Crippen molar-refractivity contribution >= 4 is 11.8 Å². The van der Waals surface area contributed by atoms with Crippen LogP contribution in [-0.4, -0.2) is 17.5 Å². The highest BCUT2D eigenvalue weighted by atomic mass is 32.2. The highest BCUT2D eigenvalue weighted by Gasteiger charge is 1.90. The van der Waals surface area contributed by atoms with Gasteiger partial charge < -0.3 is 5.11 Å². The lowest BCUT2D eigenvalue weighted by Crippen LogP contribution is -1.89. The minimum atomic E-state index is 0.203. The van der Waals surface area contributed by atoms with Crippen LogP contribution in [0.5, 0.6) is 0 Å². The molecule has 0 amide bonds. The van der Waals surface area contributed by atoms with Crippen molar-refractivity contribution in [1.82, 2.24) is 0 Å². The summed E-state index contributed by atoms with van der Waals surface area (Å²) in [7, 11) is 0. The minimum absolute atomic E-state index is 0.203. The first-order chi connectivity index (χ1) is 3.41. The molecule has 0 aliphatic rings. The van der Waals surface area contributed by atoms with E-state index in [1.54, 1.807) is 0 Å². The van der Waals surface area contributed by atoms with Crippen molar-refractivity contribution in [2.24, 2.45) is 0 Å². The first-order valence-electron chi connectivity index (χ1n) is 2.08. The van der Waals surface area contributed by atoms with Gasteiger partial charge in [-0.1, -0.05) is 0 Å². The molecule has 0 aromatic carbocycles. The first kappa shape index (κ1) is 6.80. The van der Waals surface area contributed by atoms with Crippen LogP contribution in [-0.2, 0) is 11.8 Å². The zero-order valence-electron chi connectivity index (χ0n) is 3.96. The molecule has 0 saturated heterocycles. The predicted octanol–water partition coefficient (Wildman–Crippen LogP) is -0.335. The van der Waals surface area contributed by atoms with Crippen LogP contribution in [0.25, 0.3) is 0 Å². The summed E-state index contributed by atoms with van der Waals surface area (Å²) < 4.78 is 0. The molecule has 2 nitrogen and oxygen atoms in total. The van der Waals surface area contributed by atoms with E-state index >= 15 is 0 Å². The van der Waals surface area contributed by atoms with E-state index in [-0.39, 0.29) is 6.61 Å². The molecule has 0 radical (unpaired) electrons. The molecule has 0 aromatic rings. The van der Waals surface area contributed by atoms with E-state index in [0.717, 1.165) is 23.9 Å². The summed E-state index contributed by atoms with van der Waals surface area (Å²) in [5, 5.41) is 18.1. The third kappa shape index (κ3) is 5.80. The molecule has 0 unspecified atom stereocenters. The quantitative estimate of drug-likeness (QED) is 0.238. The minimum Gasteiger partial charge on any atom is -0.396 e. The van der Waals surface area contributed by atoms with Gasteiger partial charge in [-0.3, -0.25) is 0 Å². The Morgan fingerprint density at radius 2 is 2.43 bits per heavy atom. The molecule has 0 atom stereocenters. The molecule has 3 heteroatoms. The number of aliphatic hydroxyl groups is 1. The van der Waals surface area contributed by atoms with Crippen LogP contribution in [0.4, 0.5) is 0 Å². The molecule has 0 heterocycles. The van der Waals surface area contributed by atoms with Gasteiger partial charge >= 0.3 is 5.40 Å². The lowest BCUT2D eigenvalue weighted by Gasteiger charge is -1.77. The maximum absolute atomic E-state index is 8.18. The first-order valence-corrected chi connectivity index (χ1v) is 3.16. The number of aliphatic hydroxyl groups excluding tert-OH is 1. The third-order valence-corrected chi connectivity index (χ3v) is 1.18. The van der Waals surface area contributed by atoms with Crippen molar-refractivity contribution < 1.29 is 5.11 Å². The zero-order valence-corrected chi connectivity index (χ0v) is 4.86. The van der Waals surface area contributed by atoms with Crippen molar-refractivity contribution in [2.45, 2.75) is 6.42 Å². The normalized spacial score (nSPS) is 8.00. The Labute approximate surface area is 47.1 Å². The molecule has 0 fully saturated rings. The van der Waals surface area contributed by atoms with Crippen molar-refractivity contribution in [3.8, 4) is 5.40 Å². The van der Waals surface area contributed by atoms with E-state index in [4.69, 9.17) is 10.4 Å². The largest absolute Gasteiger partial charge is 0.396 e. The summed E-state index contributed by atoms with van der Waals surface area (Å²) >= 11 is 0.773. The number of thiocyanates is 1. The van der Waals surface area contributed by atoms with Gasteiger partial charge in [0.2, 0.25) is 0 Å². The Bertz CT molecular complexity index is 68.6. The molecular weight excluding hydrogens is 110 g/mol. The van der Waals surface area contributed by atoms with E-state index < -0.39 is 0 Å². The van der Waals surface area contributed by atoms with E-state index in [2.05, 4.69) is 0 Å². The summed E-state index contributed by atoms with van der Waals surface area (Å²) in [6, 6.07) is 0. The number of thiol groups is 1. The van der Waals surface area contributed by atoms with Gasteiger partial charge in [0.15, 0.2) is 0 Å². The summed E-state index contributed by atoms with van der Waals surface area (Å²) in [6.45, 7) is 0.203. The SMILES string of the molecule is N#C[SH+]CCCO.